The van der Waals surface area contributed by atoms with Gasteiger partial charge in [0.15, 0.2) is 5.96 Å². The van der Waals surface area contributed by atoms with E-state index in [0.717, 1.165) is 22.6 Å². The number of likely N-dealkylation sites (N-methyl/N-ethyl adjacent to an activating group) is 1. The number of benzene rings is 2. The molecule has 2 aromatic carbocycles. The predicted molar refractivity (Wildman–Crippen MR) is 131 cm³/mol. The fourth-order valence-corrected chi connectivity index (χ4v) is 2.68. The van der Waals surface area contributed by atoms with Crippen molar-refractivity contribution in [1.29, 1.82) is 0 Å². The number of ether oxygens (including phenoxy) is 2. The van der Waals surface area contributed by atoms with Gasteiger partial charge in [0.25, 0.3) is 0 Å². The summed E-state index contributed by atoms with van der Waals surface area (Å²) in [5, 5.41) is 6.47. The summed E-state index contributed by atoms with van der Waals surface area (Å²) in [5.74, 6) is 2.00. The first-order valence-corrected chi connectivity index (χ1v) is 9.45. The monoisotopic (exact) mass is 526 g/mol. The van der Waals surface area contributed by atoms with Gasteiger partial charge in [-0.05, 0) is 30.7 Å². The molecular formula is C22H31IN4O3. The summed E-state index contributed by atoms with van der Waals surface area (Å²) < 4.78 is 10.8. The molecule has 0 aliphatic heterocycles. The molecule has 164 valence electrons. The third-order valence-corrected chi connectivity index (χ3v) is 4.43. The third-order valence-electron chi connectivity index (χ3n) is 4.43. The number of nitrogens with one attached hydrogen (secondary N) is 2. The molecule has 0 aromatic heterocycles. The van der Waals surface area contributed by atoms with Gasteiger partial charge < -0.3 is 25.0 Å². The second kappa shape index (κ2) is 12.9. The number of methoxy groups -OCH3 is 2. The van der Waals surface area contributed by atoms with Gasteiger partial charge in [0, 0.05) is 19.7 Å². The number of amides is 1. The Morgan fingerprint density at radius 1 is 1.10 bits per heavy atom. The number of hydrogen-bond acceptors (Lipinski definition) is 4. The van der Waals surface area contributed by atoms with Crippen LogP contribution in [0.1, 0.15) is 24.1 Å². The second-order valence-electron chi connectivity index (χ2n) is 6.77. The van der Waals surface area contributed by atoms with Crippen LogP contribution in [0.25, 0.3) is 0 Å². The van der Waals surface area contributed by atoms with Gasteiger partial charge in [-0.15, -0.1) is 24.0 Å². The Kier molecular flexibility index (Phi) is 11.0. The minimum absolute atomic E-state index is 0. The SMILES string of the molecule is COc1ccc(OC)c(C(C)NC(=NCc2ccccc2)NCC(=O)N(C)C)c1.I. The average molecular weight is 526 g/mol. The number of nitrogens with zero attached hydrogens (tertiary/aromatic N) is 2. The van der Waals surface area contributed by atoms with Gasteiger partial charge in [0.05, 0.1) is 33.4 Å². The van der Waals surface area contributed by atoms with E-state index in [2.05, 4.69) is 15.6 Å². The average Bonchev–Trinajstić information content (AvgIpc) is 2.75. The molecule has 0 heterocycles. The molecule has 0 bridgehead atoms. The van der Waals surface area contributed by atoms with Crippen LogP contribution in [-0.4, -0.2) is 51.6 Å². The van der Waals surface area contributed by atoms with Gasteiger partial charge in [-0.25, -0.2) is 4.99 Å². The molecule has 0 radical (unpaired) electrons. The molecule has 8 heteroatoms. The van der Waals surface area contributed by atoms with Crippen molar-refractivity contribution in [3.05, 3.63) is 59.7 Å². The van der Waals surface area contributed by atoms with E-state index in [0.29, 0.717) is 12.5 Å². The molecule has 0 spiro atoms. The van der Waals surface area contributed by atoms with Crippen LogP contribution in [-0.2, 0) is 11.3 Å². The first-order chi connectivity index (χ1) is 13.9. The smallest absolute Gasteiger partial charge is 0.241 e. The van der Waals surface area contributed by atoms with Gasteiger partial charge in [0.1, 0.15) is 11.5 Å². The number of carbonyl (C=O) groups is 1. The van der Waals surface area contributed by atoms with E-state index in [1.807, 2.05) is 55.5 Å². The maximum Gasteiger partial charge on any atom is 0.241 e. The van der Waals surface area contributed by atoms with Crippen molar-refractivity contribution in [2.24, 2.45) is 4.99 Å². The molecular weight excluding hydrogens is 495 g/mol. The lowest BCUT2D eigenvalue weighted by atomic mass is 10.1. The summed E-state index contributed by atoms with van der Waals surface area (Å²) in [6.07, 6.45) is 0. The largest absolute Gasteiger partial charge is 0.497 e. The Morgan fingerprint density at radius 3 is 2.40 bits per heavy atom. The summed E-state index contributed by atoms with van der Waals surface area (Å²) >= 11 is 0. The molecule has 0 aliphatic carbocycles. The lowest BCUT2D eigenvalue weighted by Gasteiger charge is -2.21. The van der Waals surface area contributed by atoms with Crippen LogP contribution in [0.15, 0.2) is 53.5 Å². The Labute approximate surface area is 195 Å². The number of hydrogen-bond donors (Lipinski definition) is 2. The van der Waals surface area contributed by atoms with Crippen LogP contribution in [0.2, 0.25) is 0 Å². The van der Waals surface area contributed by atoms with Crippen LogP contribution in [0.3, 0.4) is 0 Å². The van der Waals surface area contributed by atoms with Gasteiger partial charge in [0.2, 0.25) is 5.91 Å². The Morgan fingerprint density at radius 2 is 1.80 bits per heavy atom. The van der Waals surface area contributed by atoms with E-state index < -0.39 is 0 Å². The highest BCUT2D eigenvalue weighted by Gasteiger charge is 2.15. The summed E-state index contributed by atoms with van der Waals surface area (Å²) in [7, 11) is 6.71. The van der Waals surface area contributed by atoms with E-state index in [1.165, 1.54) is 4.90 Å². The maximum atomic E-state index is 12.0. The van der Waals surface area contributed by atoms with Crippen molar-refractivity contribution in [3.8, 4) is 11.5 Å². The van der Waals surface area contributed by atoms with Crippen LogP contribution in [0.4, 0.5) is 0 Å². The molecule has 0 aliphatic rings. The zero-order chi connectivity index (χ0) is 21.2. The van der Waals surface area contributed by atoms with E-state index in [9.17, 15) is 4.79 Å². The summed E-state index contributed by atoms with van der Waals surface area (Å²) in [6.45, 7) is 2.65. The van der Waals surface area contributed by atoms with Crippen molar-refractivity contribution in [2.75, 3.05) is 34.9 Å². The zero-order valence-electron chi connectivity index (χ0n) is 18.1. The Hall–Kier alpha value is -2.49. The highest BCUT2D eigenvalue weighted by Crippen LogP contribution is 2.29. The second-order valence-corrected chi connectivity index (χ2v) is 6.77. The van der Waals surface area contributed by atoms with Crippen molar-refractivity contribution < 1.29 is 14.3 Å². The van der Waals surface area contributed by atoms with Crippen molar-refractivity contribution >= 4 is 35.8 Å². The lowest BCUT2D eigenvalue weighted by Crippen LogP contribution is -2.43. The first-order valence-electron chi connectivity index (χ1n) is 9.45. The van der Waals surface area contributed by atoms with E-state index in [1.54, 1.807) is 28.3 Å². The van der Waals surface area contributed by atoms with Gasteiger partial charge in [-0.1, -0.05) is 30.3 Å². The van der Waals surface area contributed by atoms with Crippen LogP contribution in [0, 0.1) is 0 Å². The predicted octanol–water partition coefficient (Wildman–Crippen LogP) is 3.21. The van der Waals surface area contributed by atoms with E-state index in [4.69, 9.17) is 9.47 Å². The van der Waals surface area contributed by atoms with Gasteiger partial charge in [-0.3, -0.25) is 4.79 Å². The van der Waals surface area contributed by atoms with E-state index in [-0.39, 0.29) is 42.5 Å². The fourth-order valence-electron chi connectivity index (χ4n) is 2.68. The molecule has 1 unspecified atom stereocenters. The molecule has 0 saturated carbocycles. The maximum absolute atomic E-state index is 12.0. The molecule has 2 N–H and O–H groups in total. The number of aliphatic imine (C=N–C) groups is 1. The zero-order valence-corrected chi connectivity index (χ0v) is 20.5. The van der Waals surface area contributed by atoms with Crippen LogP contribution < -0.4 is 20.1 Å². The molecule has 2 aromatic rings. The summed E-state index contributed by atoms with van der Waals surface area (Å²) in [4.78, 5) is 18.2. The number of guanidine groups is 1. The van der Waals surface area contributed by atoms with Crippen molar-refractivity contribution in [1.82, 2.24) is 15.5 Å². The van der Waals surface area contributed by atoms with Crippen molar-refractivity contribution in [3.63, 3.8) is 0 Å². The van der Waals surface area contributed by atoms with Gasteiger partial charge >= 0.3 is 0 Å². The summed E-state index contributed by atoms with van der Waals surface area (Å²) in [5.41, 5.74) is 2.01. The normalized spacial score (nSPS) is 11.7. The molecule has 30 heavy (non-hydrogen) atoms. The quantitative estimate of drug-likeness (QED) is 0.314. The van der Waals surface area contributed by atoms with Gasteiger partial charge in [-0.2, -0.15) is 0 Å². The topological polar surface area (TPSA) is 75.2 Å². The van der Waals surface area contributed by atoms with E-state index >= 15 is 0 Å². The molecule has 1 amide bonds. The third kappa shape index (κ3) is 7.74. The molecule has 0 fully saturated rings. The number of halogens is 1. The number of rotatable bonds is 8. The standard InChI is InChI=1S/C22H30N4O3.HI/c1-16(19-13-18(28-4)11-12-20(19)29-5)25-22(24-15-21(27)26(2)3)23-14-17-9-7-6-8-10-17;/h6-13,16H,14-15H2,1-5H3,(H2,23,24,25);1H. The molecule has 0 saturated heterocycles. The highest BCUT2D eigenvalue weighted by molar-refractivity contribution is 14.0. The Bertz CT molecular complexity index is 828. The molecule has 7 nitrogen and oxygen atoms in total. The van der Waals surface area contributed by atoms with Crippen molar-refractivity contribution in [2.45, 2.75) is 19.5 Å². The molecule has 2 rings (SSSR count). The Balaban J connectivity index is 0.00000450. The minimum Gasteiger partial charge on any atom is -0.497 e. The summed E-state index contributed by atoms with van der Waals surface area (Å²) in [6, 6.07) is 15.5. The van der Waals surface area contributed by atoms with Crippen LogP contribution in [0.5, 0.6) is 11.5 Å². The molecule has 1 atom stereocenters. The lowest BCUT2D eigenvalue weighted by molar-refractivity contribution is -0.127. The first kappa shape index (κ1) is 25.5. The number of carbonyl (C=O) groups excluding carboxylic acids is 1. The minimum atomic E-state index is -0.128. The van der Waals surface area contributed by atoms with Crippen LogP contribution >= 0.6 is 24.0 Å². The fraction of sp³-hybridized carbons (Fsp3) is 0.364. The highest BCUT2D eigenvalue weighted by atomic mass is 127.